The fraction of sp³-hybridized carbons (Fsp3) is 0.957. The Labute approximate surface area is 169 Å². The number of likely N-dealkylation sites (N-methyl/N-ethyl adjacent to an activating group) is 1. The number of carboxylic acid groups (broad SMARTS) is 1. The highest BCUT2D eigenvalue weighted by Crippen LogP contribution is 2.13. The van der Waals surface area contributed by atoms with Crippen LogP contribution >= 0.6 is 0 Å². The molecule has 27 heavy (non-hydrogen) atoms. The number of rotatable bonds is 20. The van der Waals surface area contributed by atoms with Crippen molar-refractivity contribution in [3.8, 4) is 0 Å². The molecule has 0 radical (unpaired) electrons. The standard InChI is InChI=1S/C23H48N2O2/c1-5-7-8-9-10-11-12-13-14-15-16-18-22(6-2)24-19-17-20-25(3,4)21-23(26)27/h22,24H,5-21H2,1-4H3/p+1. The van der Waals surface area contributed by atoms with Crippen molar-refractivity contribution in [3.63, 3.8) is 0 Å². The summed E-state index contributed by atoms with van der Waals surface area (Å²) in [5.74, 6) is -0.712. The molecule has 0 saturated heterocycles. The minimum absolute atomic E-state index is 0.204. The van der Waals surface area contributed by atoms with Crippen molar-refractivity contribution in [1.29, 1.82) is 0 Å². The van der Waals surface area contributed by atoms with Crippen LogP contribution in [0, 0.1) is 0 Å². The molecule has 162 valence electrons. The molecule has 0 fully saturated rings. The lowest BCUT2D eigenvalue weighted by molar-refractivity contribution is -0.883. The van der Waals surface area contributed by atoms with Crippen LogP contribution in [0.4, 0.5) is 0 Å². The number of aliphatic carboxylic acids is 1. The first-order chi connectivity index (χ1) is 12.9. The average molecular weight is 386 g/mol. The van der Waals surface area contributed by atoms with E-state index in [9.17, 15) is 4.79 Å². The smallest absolute Gasteiger partial charge is 0.359 e. The van der Waals surface area contributed by atoms with Gasteiger partial charge in [-0.2, -0.15) is 0 Å². The number of carboxylic acids is 1. The maximum atomic E-state index is 10.9. The summed E-state index contributed by atoms with van der Waals surface area (Å²) in [5, 5.41) is 12.6. The summed E-state index contributed by atoms with van der Waals surface area (Å²) in [7, 11) is 3.99. The summed E-state index contributed by atoms with van der Waals surface area (Å²) in [6, 6.07) is 0.624. The number of nitrogens with one attached hydrogen (secondary N) is 1. The maximum Gasteiger partial charge on any atom is 0.359 e. The highest BCUT2D eigenvalue weighted by atomic mass is 16.4. The van der Waals surface area contributed by atoms with Crippen LogP contribution in [-0.4, -0.2) is 55.3 Å². The van der Waals surface area contributed by atoms with E-state index in [1.165, 1.54) is 83.5 Å². The van der Waals surface area contributed by atoms with E-state index in [1.54, 1.807) is 0 Å². The number of hydrogen-bond acceptors (Lipinski definition) is 2. The zero-order valence-corrected chi connectivity index (χ0v) is 18.9. The Kier molecular flexibility index (Phi) is 17.1. The fourth-order valence-corrected chi connectivity index (χ4v) is 3.76. The molecule has 1 unspecified atom stereocenters. The monoisotopic (exact) mass is 385 g/mol. The molecular formula is C23H49N2O2+. The second-order valence-electron chi connectivity index (χ2n) is 8.95. The molecular weight excluding hydrogens is 336 g/mol. The van der Waals surface area contributed by atoms with Gasteiger partial charge in [0.25, 0.3) is 0 Å². The van der Waals surface area contributed by atoms with Crippen LogP contribution < -0.4 is 5.32 Å². The lowest BCUT2D eigenvalue weighted by Gasteiger charge is -2.28. The van der Waals surface area contributed by atoms with Gasteiger partial charge in [-0.25, -0.2) is 4.79 Å². The number of hydrogen-bond donors (Lipinski definition) is 2. The average Bonchev–Trinajstić information content (AvgIpc) is 2.60. The molecule has 0 bridgehead atoms. The highest BCUT2D eigenvalue weighted by Gasteiger charge is 2.18. The van der Waals surface area contributed by atoms with Crippen LogP contribution in [0.15, 0.2) is 0 Å². The van der Waals surface area contributed by atoms with Gasteiger partial charge < -0.3 is 14.9 Å². The third-order valence-corrected chi connectivity index (χ3v) is 5.59. The molecule has 2 N–H and O–H groups in total. The van der Waals surface area contributed by atoms with E-state index in [1.807, 2.05) is 14.1 Å². The first-order valence-electron chi connectivity index (χ1n) is 11.7. The second kappa shape index (κ2) is 17.5. The van der Waals surface area contributed by atoms with Gasteiger partial charge in [0, 0.05) is 19.0 Å². The van der Waals surface area contributed by atoms with Crippen LogP contribution in [-0.2, 0) is 4.79 Å². The maximum absolute atomic E-state index is 10.9. The lowest BCUT2D eigenvalue weighted by Crippen LogP contribution is -2.45. The fourth-order valence-electron chi connectivity index (χ4n) is 3.76. The second-order valence-corrected chi connectivity index (χ2v) is 8.95. The van der Waals surface area contributed by atoms with Crippen LogP contribution in [0.25, 0.3) is 0 Å². The van der Waals surface area contributed by atoms with E-state index in [0.717, 1.165) is 19.5 Å². The molecule has 0 aliphatic carbocycles. The van der Waals surface area contributed by atoms with Gasteiger partial charge in [0.05, 0.1) is 20.6 Å². The number of carbonyl (C=O) groups is 1. The van der Waals surface area contributed by atoms with Gasteiger partial charge in [-0.1, -0.05) is 84.5 Å². The summed E-state index contributed by atoms with van der Waals surface area (Å²) in [6.07, 6.45) is 18.9. The molecule has 0 saturated carbocycles. The molecule has 4 heteroatoms. The summed E-state index contributed by atoms with van der Waals surface area (Å²) in [6.45, 7) is 6.66. The van der Waals surface area contributed by atoms with Crippen molar-refractivity contribution in [3.05, 3.63) is 0 Å². The number of quaternary nitrogens is 1. The zero-order valence-electron chi connectivity index (χ0n) is 18.9. The Balaban J connectivity index is 3.52. The van der Waals surface area contributed by atoms with E-state index in [0.29, 0.717) is 10.5 Å². The Morgan fingerprint density at radius 1 is 0.852 bits per heavy atom. The molecule has 0 aliphatic heterocycles. The van der Waals surface area contributed by atoms with E-state index < -0.39 is 5.97 Å². The first-order valence-corrected chi connectivity index (χ1v) is 11.7. The van der Waals surface area contributed by atoms with Gasteiger partial charge in [-0.15, -0.1) is 0 Å². The predicted molar refractivity (Wildman–Crippen MR) is 117 cm³/mol. The zero-order chi connectivity index (χ0) is 20.4. The van der Waals surface area contributed by atoms with Gasteiger partial charge in [0.1, 0.15) is 0 Å². The molecule has 0 amide bonds. The van der Waals surface area contributed by atoms with Gasteiger partial charge in [-0.3, -0.25) is 0 Å². The van der Waals surface area contributed by atoms with Crippen molar-refractivity contribution >= 4 is 5.97 Å². The van der Waals surface area contributed by atoms with Crippen molar-refractivity contribution in [2.24, 2.45) is 0 Å². The minimum atomic E-state index is -0.712. The molecule has 0 aliphatic rings. The highest BCUT2D eigenvalue weighted by molar-refractivity contribution is 5.67. The summed E-state index contributed by atoms with van der Waals surface area (Å²) < 4.78 is 0.562. The summed E-state index contributed by atoms with van der Waals surface area (Å²) in [4.78, 5) is 10.9. The Bertz CT molecular complexity index is 345. The van der Waals surface area contributed by atoms with E-state index in [4.69, 9.17) is 5.11 Å². The van der Waals surface area contributed by atoms with Gasteiger partial charge in [0.15, 0.2) is 6.54 Å². The number of unbranched alkanes of at least 4 members (excludes halogenated alkanes) is 10. The Morgan fingerprint density at radius 3 is 1.85 bits per heavy atom. The molecule has 0 aromatic heterocycles. The number of nitrogens with zero attached hydrogens (tertiary/aromatic N) is 1. The Morgan fingerprint density at radius 2 is 1.37 bits per heavy atom. The van der Waals surface area contributed by atoms with Crippen LogP contribution in [0.1, 0.15) is 104 Å². The minimum Gasteiger partial charge on any atom is -0.477 e. The third kappa shape index (κ3) is 18.5. The summed E-state index contributed by atoms with van der Waals surface area (Å²) in [5.41, 5.74) is 0. The molecule has 0 rings (SSSR count). The normalized spacial score (nSPS) is 13.0. The lowest BCUT2D eigenvalue weighted by atomic mass is 10.0. The molecule has 0 aromatic carbocycles. The van der Waals surface area contributed by atoms with Crippen molar-refractivity contribution in [1.82, 2.24) is 5.32 Å². The molecule has 0 aromatic rings. The topological polar surface area (TPSA) is 49.3 Å². The largest absolute Gasteiger partial charge is 0.477 e. The van der Waals surface area contributed by atoms with Crippen molar-refractivity contribution in [2.75, 3.05) is 33.7 Å². The van der Waals surface area contributed by atoms with Gasteiger partial charge >= 0.3 is 5.97 Å². The van der Waals surface area contributed by atoms with Crippen LogP contribution in [0.3, 0.4) is 0 Å². The quantitative estimate of drug-likeness (QED) is 0.212. The van der Waals surface area contributed by atoms with E-state index in [2.05, 4.69) is 19.2 Å². The van der Waals surface area contributed by atoms with Gasteiger partial charge in [0.2, 0.25) is 0 Å². The van der Waals surface area contributed by atoms with Crippen LogP contribution in [0.2, 0.25) is 0 Å². The molecule has 0 heterocycles. The van der Waals surface area contributed by atoms with Crippen molar-refractivity contribution in [2.45, 2.75) is 110 Å². The van der Waals surface area contributed by atoms with Crippen molar-refractivity contribution < 1.29 is 14.4 Å². The predicted octanol–water partition coefficient (Wildman–Crippen LogP) is 5.61. The SMILES string of the molecule is CCCCCCCCCCCCCC(CC)NCCC[N+](C)(C)CC(=O)O. The molecule has 1 atom stereocenters. The molecule has 0 spiro atoms. The third-order valence-electron chi connectivity index (χ3n) is 5.59. The summed E-state index contributed by atoms with van der Waals surface area (Å²) >= 11 is 0. The molecule has 4 nitrogen and oxygen atoms in total. The van der Waals surface area contributed by atoms with E-state index >= 15 is 0 Å². The van der Waals surface area contributed by atoms with Gasteiger partial charge in [-0.05, 0) is 12.8 Å². The Hall–Kier alpha value is -0.610. The van der Waals surface area contributed by atoms with Crippen LogP contribution in [0.5, 0.6) is 0 Å². The van der Waals surface area contributed by atoms with E-state index in [-0.39, 0.29) is 6.54 Å². The first kappa shape index (κ1) is 26.4.